The predicted octanol–water partition coefficient (Wildman–Crippen LogP) is 1.02. The summed E-state index contributed by atoms with van der Waals surface area (Å²) in [6, 6.07) is 5.44. The van der Waals surface area contributed by atoms with Crippen LogP contribution in [0.25, 0.3) is 0 Å². The molecule has 0 aromatic heterocycles. The van der Waals surface area contributed by atoms with Crippen molar-refractivity contribution in [3.63, 3.8) is 0 Å². The topological polar surface area (TPSA) is 89.9 Å². The molecule has 6 heteroatoms. The Morgan fingerprint density at radius 1 is 1.06 bits per heavy atom. The first-order chi connectivity index (χ1) is 7.52. The maximum Gasteiger partial charge on any atom is 0.387 e. The van der Waals surface area contributed by atoms with Gasteiger partial charge in [-0.1, -0.05) is 12.1 Å². The molecule has 0 saturated carbocycles. The summed E-state index contributed by atoms with van der Waals surface area (Å²) in [7, 11) is 0. The molecular formula is C10H8O6. The van der Waals surface area contributed by atoms with E-state index in [1.54, 1.807) is 0 Å². The van der Waals surface area contributed by atoms with E-state index in [1.165, 1.54) is 24.3 Å². The van der Waals surface area contributed by atoms with Gasteiger partial charge in [0.05, 0.1) is 11.1 Å². The second kappa shape index (κ2) is 4.92. The molecule has 0 unspecified atom stereocenters. The second-order valence-corrected chi connectivity index (χ2v) is 2.80. The molecule has 1 aromatic rings. The minimum absolute atomic E-state index is 0.184. The molecule has 0 radical (unpaired) electrons. The highest BCUT2D eigenvalue weighted by Gasteiger charge is 2.18. The molecule has 0 aliphatic heterocycles. The highest BCUT2D eigenvalue weighted by atomic mass is 17.2. The van der Waals surface area contributed by atoms with E-state index in [9.17, 15) is 14.4 Å². The van der Waals surface area contributed by atoms with Crippen LogP contribution in [0.15, 0.2) is 24.3 Å². The van der Waals surface area contributed by atoms with Gasteiger partial charge in [0.25, 0.3) is 0 Å². The second-order valence-electron chi connectivity index (χ2n) is 2.80. The van der Waals surface area contributed by atoms with Crippen LogP contribution >= 0.6 is 0 Å². The van der Waals surface area contributed by atoms with Crippen molar-refractivity contribution >= 4 is 17.9 Å². The fourth-order valence-corrected chi connectivity index (χ4v) is 0.989. The molecule has 0 heterocycles. The molecule has 0 aliphatic rings. The maximum atomic E-state index is 11.3. The van der Waals surface area contributed by atoms with Crippen molar-refractivity contribution in [3.8, 4) is 0 Å². The SMILES string of the molecule is CC(=O)OOC(=O)c1ccccc1C(=O)O. The van der Waals surface area contributed by atoms with Gasteiger partial charge in [0.1, 0.15) is 0 Å². The van der Waals surface area contributed by atoms with Crippen LogP contribution < -0.4 is 0 Å². The zero-order chi connectivity index (χ0) is 12.1. The Bertz CT molecular complexity index is 437. The fourth-order valence-electron chi connectivity index (χ4n) is 0.989. The van der Waals surface area contributed by atoms with Crippen molar-refractivity contribution in [1.29, 1.82) is 0 Å². The van der Waals surface area contributed by atoms with E-state index < -0.39 is 17.9 Å². The summed E-state index contributed by atoms with van der Waals surface area (Å²) in [5.41, 5.74) is -0.407. The molecular weight excluding hydrogens is 216 g/mol. The maximum absolute atomic E-state index is 11.3. The Balaban J connectivity index is 2.90. The molecule has 16 heavy (non-hydrogen) atoms. The number of hydrogen-bond donors (Lipinski definition) is 1. The van der Waals surface area contributed by atoms with Gasteiger partial charge in [-0.3, -0.25) is 0 Å². The third-order valence-electron chi connectivity index (χ3n) is 1.61. The smallest absolute Gasteiger partial charge is 0.387 e. The molecule has 1 aromatic carbocycles. The minimum atomic E-state index is -1.27. The van der Waals surface area contributed by atoms with E-state index >= 15 is 0 Å². The monoisotopic (exact) mass is 224 g/mol. The van der Waals surface area contributed by atoms with Crippen LogP contribution in [0.4, 0.5) is 0 Å². The first kappa shape index (κ1) is 11.7. The number of aromatic carboxylic acids is 1. The van der Waals surface area contributed by atoms with Crippen LogP contribution in [0, 0.1) is 0 Å². The standard InChI is InChI=1S/C10H8O6/c1-6(11)15-16-10(14)8-5-3-2-4-7(8)9(12)13/h2-5H,1H3,(H,12,13). The largest absolute Gasteiger partial charge is 0.478 e. The molecule has 0 bridgehead atoms. The van der Waals surface area contributed by atoms with Gasteiger partial charge < -0.3 is 5.11 Å². The number of rotatable bonds is 2. The summed E-state index contributed by atoms with van der Waals surface area (Å²) in [5.74, 6) is -3.11. The van der Waals surface area contributed by atoms with Crippen molar-refractivity contribution in [2.45, 2.75) is 6.92 Å². The lowest BCUT2D eigenvalue weighted by atomic mass is 10.1. The number of benzene rings is 1. The number of carboxylic acid groups (broad SMARTS) is 1. The molecule has 0 saturated heterocycles. The summed E-state index contributed by atoms with van der Waals surface area (Å²) in [6.07, 6.45) is 0. The van der Waals surface area contributed by atoms with Gasteiger partial charge in [-0.25, -0.2) is 24.2 Å². The Morgan fingerprint density at radius 3 is 2.12 bits per heavy atom. The van der Waals surface area contributed by atoms with Crippen molar-refractivity contribution in [2.75, 3.05) is 0 Å². The van der Waals surface area contributed by atoms with Crippen molar-refractivity contribution in [2.24, 2.45) is 0 Å². The Kier molecular flexibility index (Phi) is 3.60. The summed E-state index contributed by atoms with van der Waals surface area (Å²) in [5, 5.41) is 8.78. The number of carbonyl (C=O) groups excluding carboxylic acids is 2. The zero-order valence-electron chi connectivity index (χ0n) is 8.30. The molecule has 84 valence electrons. The normalized spacial score (nSPS) is 9.31. The van der Waals surface area contributed by atoms with E-state index in [-0.39, 0.29) is 11.1 Å². The van der Waals surface area contributed by atoms with Crippen molar-refractivity contribution in [3.05, 3.63) is 35.4 Å². The predicted molar refractivity (Wildman–Crippen MR) is 50.6 cm³/mol. The summed E-state index contributed by atoms with van der Waals surface area (Å²) in [4.78, 5) is 40.6. The van der Waals surface area contributed by atoms with E-state index in [2.05, 4.69) is 9.78 Å². The average Bonchev–Trinajstić information content (AvgIpc) is 2.25. The lowest BCUT2D eigenvalue weighted by Gasteiger charge is -2.03. The van der Waals surface area contributed by atoms with E-state index in [1.807, 2.05) is 0 Å². The molecule has 0 amide bonds. The first-order valence-electron chi connectivity index (χ1n) is 4.24. The van der Waals surface area contributed by atoms with E-state index in [0.717, 1.165) is 6.92 Å². The minimum Gasteiger partial charge on any atom is -0.478 e. The van der Waals surface area contributed by atoms with Gasteiger partial charge >= 0.3 is 17.9 Å². The summed E-state index contributed by atoms with van der Waals surface area (Å²) < 4.78 is 0. The average molecular weight is 224 g/mol. The zero-order valence-corrected chi connectivity index (χ0v) is 8.30. The van der Waals surface area contributed by atoms with Crippen LogP contribution in [-0.2, 0) is 14.6 Å². The van der Waals surface area contributed by atoms with Gasteiger partial charge in [0.15, 0.2) is 0 Å². The third-order valence-corrected chi connectivity index (χ3v) is 1.61. The Morgan fingerprint density at radius 2 is 1.62 bits per heavy atom. The third kappa shape index (κ3) is 2.81. The molecule has 0 atom stereocenters. The Hall–Kier alpha value is -2.37. The van der Waals surface area contributed by atoms with Gasteiger partial charge in [-0.15, -0.1) is 0 Å². The van der Waals surface area contributed by atoms with Gasteiger partial charge in [-0.2, -0.15) is 0 Å². The Labute approximate surface area is 90.3 Å². The van der Waals surface area contributed by atoms with Crippen LogP contribution in [0.2, 0.25) is 0 Å². The van der Waals surface area contributed by atoms with E-state index in [0.29, 0.717) is 0 Å². The molecule has 6 nitrogen and oxygen atoms in total. The van der Waals surface area contributed by atoms with Crippen LogP contribution in [0.5, 0.6) is 0 Å². The molecule has 0 fully saturated rings. The lowest BCUT2D eigenvalue weighted by molar-refractivity contribution is -0.231. The molecule has 1 N–H and O–H groups in total. The van der Waals surface area contributed by atoms with Crippen LogP contribution in [-0.4, -0.2) is 23.0 Å². The lowest BCUT2D eigenvalue weighted by Crippen LogP contribution is -2.13. The molecule has 0 spiro atoms. The molecule has 0 aliphatic carbocycles. The number of carboxylic acids is 1. The van der Waals surface area contributed by atoms with Crippen molar-refractivity contribution < 1.29 is 29.3 Å². The number of carbonyl (C=O) groups is 3. The van der Waals surface area contributed by atoms with Crippen LogP contribution in [0.3, 0.4) is 0 Å². The van der Waals surface area contributed by atoms with Gasteiger partial charge in [0.2, 0.25) is 0 Å². The van der Waals surface area contributed by atoms with Gasteiger partial charge in [0, 0.05) is 6.92 Å². The van der Waals surface area contributed by atoms with Gasteiger partial charge in [-0.05, 0) is 12.1 Å². The molecule has 1 rings (SSSR count). The fraction of sp³-hybridized carbons (Fsp3) is 0.100. The first-order valence-corrected chi connectivity index (χ1v) is 4.24. The summed E-state index contributed by atoms with van der Waals surface area (Å²) in [6.45, 7) is 1.05. The quantitative estimate of drug-likeness (QED) is 0.595. The number of hydrogen-bond acceptors (Lipinski definition) is 5. The van der Waals surface area contributed by atoms with E-state index in [4.69, 9.17) is 5.11 Å². The van der Waals surface area contributed by atoms with Crippen LogP contribution in [0.1, 0.15) is 27.6 Å². The van der Waals surface area contributed by atoms with Crippen molar-refractivity contribution in [1.82, 2.24) is 0 Å². The summed E-state index contributed by atoms with van der Waals surface area (Å²) >= 11 is 0. The highest BCUT2D eigenvalue weighted by Crippen LogP contribution is 2.10. The highest BCUT2D eigenvalue weighted by molar-refractivity contribution is 6.02.